The van der Waals surface area contributed by atoms with Gasteiger partial charge in [-0.2, -0.15) is 0 Å². The van der Waals surface area contributed by atoms with Gasteiger partial charge in [-0.05, 0) is 55.5 Å². The van der Waals surface area contributed by atoms with Gasteiger partial charge in [0.15, 0.2) is 17.5 Å². The van der Waals surface area contributed by atoms with Gasteiger partial charge in [0.1, 0.15) is 11.5 Å². The van der Waals surface area contributed by atoms with Gasteiger partial charge in [-0.15, -0.1) is 11.3 Å². The fourth-order valence-corrected chi connectivity index (χ4v) is 5.14. The van der Waals surface area contributed by atoms with Gasteiger partial charge in [-0.1, -0.05) is 18.9 Å². The number of furan rings is 1. The Labute approximate surface area is 196 Å². The van der Waals surface area contributed by atoms with Gasteiger partial charge in [0.25, 0.3) is 5.91 Å². The molecule has 7 nitrogen and oxygen atoms in total. The van der Waals surface area contributed by atoms with E-state index in [0.29, 0.717) is 28.7 Å². The van der Waals surface area contributed by atoms with Crippen molar-refractivity contribution < 1.29 is 23.5 Å². The summed E-state index contributed by atoms with van der Waals surface area (Å²) in [5.74, 6) is 1.84. The van der Waals surface area contributed by atoms with Crippen molar-refractivity contribution in [1.82, 2.24) is 5.32 Å². The quantitative estimate of drug-likeness (QED) is 0.543. The maximum atomic E-state index is 13.7. The number of anilines is 1. The van der Waals surface area contributed by atoms with E-state index in [1.165, 1.54) is 16.2 Å². The number of carbonyl (C=O) groups is 2. The molecular formula is C25H26N2O5S. The number of hydrogen-bond donors (Lipinski definition) is 1. The third-order valence-electron chi connectivity index (χ3n) is 6.05. The molecule has 1 saturated carbocycles. The Balaban J connectivity index is 1.55. The molecule has 0 saturated heterocycles. The maximum absolute atomic E-state index is 13.7. The normalized spacial score (nSPS) is 16.0. The number of carbonyl (C=O) groups excluding carboxylic acids is 2. The molecule has 1 aromatic carbocycles. The second kappa shape index (κ2) is 9.31. The zero-order chi connectivity index (χ0) is 22.8. The van der Waals surface area contributed by atoms with Crippen LogP contribution >= 0.6 is 11.3 Å². The topological polar surface area (TPSA) is 81.0 Å². The summed E-state index contributed by atoms with van der Waals surface area (Å²) in [5.41, 5.74) is 0.557. The second-order valence-electron chi connectivity index (χ2n) is 8.40. The van der Waals surface area contributed by atoms with Gasteiger partial charge in [-0.25, -0.2) is 0 Å². The van der Waals surface area contributed by atoms with E-state index >= 15 is 0 Å². The number of nitrogens with one attached hydrogen (secondary N) is 1. The fourth-order valence-electron chi connectivity index (χ4n) is 4.44. The van der Waals surface area contributed by atoms with E-state index in [2.05, 4.69) is 5.32 Å². The van der Waals surface area contributed by atoms with E-state index in [4.69, 9.17) is 13.9 Å². The SMILES string of the molecule is Cc1ccc([C@H](C(=O)NC2CCCC2)N(C(=O)Cc2cccs2)c2ccc3c(c2)OCO3)o1. The minimum atomic E-state index is -0.938. The van der Waals surface area contributed by atoms with E-state index in [1.807, 2.05) is 30.5 Å². The van der Waals surface area contributed by atoms with Gasteiger partial charge in [-0.3, -0.25) is 14.5 Å². The van der Waals surface area contributed by atoms with Gasteiger partial charge < -0.3 is 19.2 Å². The maximum Gasteiger partial charge on any atom is 0.251 e. The highest BCUT2D eigenvalue weighted by molar-refractivity contribution is 7.10. The van der Waals surface area contributed by atoms with E-state index in [0.717, 1.165) is 30.6 Å². The summed E-state index contributed by atoms with van der Waals surface area (Å²) >= 11 is 1.51. The number of nitrogens with zero attached hydrogens (tertiary/aromatic N) is 1. The molecule has 172 valence electrons. The Bertz CT molecular complexity index is 1130. The number of fused-ring (bicyclic) bond motifs is 1. The summed E-state index contributed by atoms with van der Waals surface area (Å²) in [6.45, 7) is 1.96. The summed E-state index contributed by atoms with van der Waals surface area (Å²) in [6.07, 6.45) is 4.27. The average molecular weight is 467 g/mol. The smallest absolute Gasteiger partial charge is 0.251 e. The molecule has 0 bridgehead atoms. The lowest BCUT2D eigenvalue weighted by Crippen LogP contribution is -2.46. The van der Waals surface area contributed by atoms with Crippen molar-refractivity contribution in [3.63, 3.8) is 0 Å². The monoisotopic (exact) mass is 466 g/mol. The van der Waals surface area contributed by atoms with Crippen LogP contribution < -0.4 is 19.7 Å². The number of rotatable bonds is 7. The van der Waals surface area contributed by atoms with Crippen molar-refractivity contribution in [1.29, 1.82) is 0 Å². The van der Waals surface area contributed by atoms with Crippen LogP contribution in [0.4, 0.5) is 5.69 Å². The molecule has 0 unspecified atom stereocenters. The van der Waals surface area contributed by atoms with Crippen LogP contribution in [0.15, 0.2) is 52.3 Å². The van der Waals surface area contributed by atoms with Crippen LogP contribution in [-0.2, 0) is 16.0 Å². The fraction of sp³-hybridized carbons (Fsp3) is 0.360. The van der Waals surface area contributed by atoms with Crippen molar-refractivity contribution in [3.05, 3.63) is 64.2 Å². The van der Waals surface area contributed by atoms with E-state index in [1.54, 1.807) is 24.3 Å². The van der Waals surface area contributed by atoms with Crippen LogP contribution in [0.5, 0.6) is 11.5 Å². The molecule has 1 aliphatic heterocycles. The molecule has 3 heterocycles. The summed E-state index contributed by atoms with van der Waals surface area (Å²) < 4.78 is 16.9. The molecule has 3 aromatic rings. The van der Waals surface area contributed by atoms with Crippen LogP contribution in [0.2, 0.25) is 0 Å². The molecule has 2 amide bonds. The Kier molecular flexibility index (Phi) is 6.09. The molecule has 33 heavy (non-hydrogen) atoms. The van der Waals surface area contributed by atoms with Crippen LogP contribution in [0.3, 0.4) is 0 Å². The number of thiophene rings is 1. The summed E-state index contributed by atoms with van der Waals surface area (Å²) in [5, 5.41) is 5.10. The molecule has 2 aromatic heterocycles. The zero-order valence-electron chi connectivity index (χ0n) is 18.4. The molecule has 1 fully saturated rings. The van der Waals surface area contributed by atoms with E-state index < -0.39 is 6.04 Å². The Morgan fingerprint density at radius 1 is 1.12 bits per heavy atom. The Hall–Kier alpha value is -3.26. The molecule has 0 spiro atoms. The van der Waals surface area contributed by atoms with Crippen molar-refractivity contribution in [2.75, 3.05) is 11.7 Å². The third-order valence-corrected chi connectivity index (χ3v) is 6.92. The van der Waals surface area contributed by atoms with Gasteiger partial charge in [0.05, 0.1) is 6.42 Å². The van der Waals surface area contributed by atoms with Crippen LogP contribution in [0.25, 0.3) is 0 Å². The summed E-state index contributed by atoms with van der Waals surface area (Å²) in [7, 11) is 0. The molecule has 2 aliphatic rings. The third kappa shape index (κ3) is 4.61. The second-order valence-corrected chi connectivity index (χ2v) is 9.43. The predicted octanol–water partition coefficient (Wildman–Crippen LogP) is 4.75. The first kappa shape index (κ1) is 21.6. The molecule has 1 N–H and O–H groups in total. The first-order valence-electron chi connectivity index (χ1n) is 11.2. The Morgan fingerprint density at radius 2 is 1.94 bits per heavy atom. The summed E-state index contributed by atoms with van der Waals surface area (Å²) in [6, 6.07) is 11.9. The van der Waals surface area contributed by atoms with Crippen LogP contribution in [-0.4, -0.2) is 24.6 Å². The molecule has 1 atom stereocenters. The van der Waals surface area contributed by atoms with Gasteiger partial charge >= 0.3 is 0 Å². The molecule has 1 aliphatic carbocycles. The van der Waals surface area contributed by atoms with Crippen molar-refractivity contribution in [2.45, 2.75) is 51.1 Å². The van der Waals surface area contributed by atoms with Crippen molar-refractivity contribution >= 4 is 28.8 Å². The predicted molar refractivity (Wildman–Crippen MR) is 125 cm³/mol. The standard InChI is InChI=1S/C25H26N2O5S/c1-16-8-10-21(32-16)24(25(29)26-17-5-2-3-6-17)27(23(28)14-19-7-4-12-33-19)18-9-11-20-22(13-18)31-15-30-20/h4,7-13,17,24H,2-3,5-6,14-15H2,1H3,(H,26,29)/t24-/m1/s1. The van der Waals surface area contributed by atoms with Gasteiger partial charge in [0.2, 0.25) is 12.7 Å². The number of hydrogen-bond acceptors (Lipinski definition) is 6. The Morgan fingerprint density at radius 3 is 2.67 bits per heavy atom. The minimum absolute atomic E-state index is 0.113. The van der Waals surface area contributed by atoms with Crippen molar-refractivity contribution in [3.8, 4) is 11.5 Å². The highest BCUT2D eigenvalue weighted by Crippen LogP contribution is 2.39. The summed E-state index contributed by atoms with van der Waals surface area (Å²) in [4.78, 5) is 29.8. The van der Waals surface area contributed by atoms with E-state index in [-0.39, 0.29) is 31.1 Å². The van der Waals surface area contributed by atoms with Crippen LogP contribution in [0, 0.1) is 6.92 Å². The highest BCUT2D eigenvalue weighted by atomic mass is 32.1. The van der Waals surface area contributed by atoms with Crippen LogP contribution in [0.1, 0.15) is 48.1 Å². The molecule has 5 rings (SSSR count). The number of aryl methyl sites for hydroxylation is 1. The lowest BCUT2D eigenvalue weighted by atomic mass is 10.1. The first-order chi connectivity index (χ1) is 16.1. The number of ether oxygens (including phenoxy) is 2. The average Bonchev–Trinajstić information content (AvgIpc) is 3.59. The number of benzene rings is 1. The molecular weight excluding hydrogens is 440 g/mol. The van der Waals surface area contributed by atoms with Crippen molar-refractivity contribution in [2.24, 2.45) is 0 Å². The number of amides is 2. The minimum Gasteiger partial charge on any atom is -0.464 e. The molecule has 8 heteroatoms. The highest BCUT2D eigenvalue weighted by Gasteiger charge is 2.37. The lowest BCUT2D eigenvalue weighted by Gasteiger charge is -2.31. The van der Waals surface area contributed by atoms with E-state index in [9.17, 15) is 9.59 Å². The largest absolute Gasteiger partial charge is 0.464 e. The molecule has 0 radical (unpaired) electrons. The van der Waals surface area contributed by atoms with Gasteiger partial charge in [0, 0.05) is 22.7 Å². The first-order valence-corrected chi connectivity index (χ1v) is 12.1. The lowest BCUT2D eigenvalue weighted by molar-refractivity contribution is -0.127. The zero-order valence-corrected chi connectivity index (χ0v) is 19.2.